The Bertz CT molecular complexity index is 658. The van der Waals surface area contributed by atoms with Crippen LogP contribution in [0.25, 0.3) is 0 Å². The van der Waals surface area contributed by atoms with Crippen molar-refractivity contribution < 1.29 is 13.9 Å². The van der Waals surface area contributed by atoms with Gasteiger partial charge in [0.25, 0.3) is 5.91 Å². The second-order valence-electron chi connectivity index (χ2n) is 4.50. The summed E-state index contributed by atoms with van der Waals surface area (Å²) in [6, 6.07) is 11.3. The molecule has 0 saturated heterocycles. The van der Waals surface area contributed by atoms with Crippen molar-refractivity contribution in [1.29, 1.82) is 0 Å². The monoisotopic (exact) mass is 307 g/mol. The molecule has 3 nitrogen and oxygen atoms in total. The van der Waals surface area contributed by atoms with E-state index >= 15 is 0 Å². The summed E-state index contributed by atoms with van der Waals surface area (Å²) in [6.07, 6.45) is 0. The Morgan fingerprint density at radius 2 is 2.00 bits per heavy atom. The lowest BCUT2D eigenvalue weighted by atomic mass is 10.1. The number of carbonyl (C=O) groups is 1. The fraction of sp³-hybridized carbons (Fsp3) is 0.188. The van der Waals surface area contributed by atoms with E-state index in [1.165, 1.54) is 25.3 Å². The van der Waals surface area contributed by atoms with E-state index in [0.29, 0.717) is 11.4 Å². The van der Waals surface area contributed by atoms with Gasteiger partial charge < -0.3 is 10.1 Å². The molecule has 1 unspecified atom stereocenters. The van der Waals surface area contributed by atoms with Crippen LogP contribution in [0.4, 0.5) is 10.1 Å². The quantitative estimate of drug-likeness (QED) is 0.851. The van der Waals surface area contributed by atoms with Gasteiger partial charge in [-0.25, -0.2) is 4.39 Å². The van der Waals surface area contributed by atoms with Crippen molar-refractivity contribution in [3.63, 3.8) is 0 Å². The Morgan fingerprint density at radius 3 is 2.62 bits per heavy atom. The van der Waals surface area contributed by atoms with Crippen molar-refractivity contribution in [2.75, 3.05) is 12.4 Å². The lowest BCUT2D eigenvalue weighted by molar-refractivity contribution is 0.102. The number of methoxy groups -OCH3 is 1. The number of alkyl halides is 1. The summed E-state index contributed by atoms with van der Waals surface area (Å²) in [5, 5.41) is 2.42. The minimum Gasteiger partial charge on any atom is -0.497 e. The van der Waals surface area contributed by atoms with Gasteiger partial charge in [0.1, 0.15) is 11.6 Å². The SMILES string of the molecule is COc1ccc(C(=O)Nc2ccccc2C(C)Cl)c(F)c1. The molecule has 5 heteroatoms. The van der Waals surface area contributed by atoms with E-state index < -0.39 is 11.7 Å². The summed E-state index contributed by atoms with van der Waals surface area (Å²) in [6.45, 7) is 1.81. The number of nitrogens with one attached hydrogen (secondary N) is 1. The molecule has 0 heterocycles. The Labute approximate surface area is 127 Å². The van der Waals surface area contributed by atoms with Gasteiger partial charge >= 0.3 is 0 Å². The van der Waals surface area contributed by atoms with Crippen molar-refractivity contribution in [2.24, 2.45) is 0 Å². The highest BCUT2D eigenvalue weighted by molar-refractivity contribution is 6.21. The van der Waals surface area contributed by atoms with Crippen molar-refractivity contribution in [3.8, 4) is 5.75 Å². The Hall–Kier alpha value is -2.07. The van der Waals surface area contributed by atoms with E-state index in [4.69, 9.17) is 16.3 Å². The third-order valence-electron chi connectivity index (χ3n) is 3.06. The van der Waals surface area contributed by atoms with Gasteiger partial charge in [-0.3, -0.25) is 4.79 Å². The van der Waals surface area contributed by atoms with Gasteiger partial charge in [-0.05, 0) is 30.7 Å². The molecular weight excluding hydrogens is 293 g/mol. The minimum absolute atomic E-state index is 0.0483. The number of amides is 1. The first-order valence-electron chi connectivity index (χ1n) is 6.41. The van der Waals surface area contributed by atoms with Crippen LogP contribution in [0.2, 0.25) is 0 Å². The van der Waals surface area contributed by atoms with Gasteiger partial charge in [0.2, 0.25) is 0 Å². The summed E-state index contributed by atoms with van der Waals surface area (Å²) in [5.74, 6) is -0.804. The summed E-state index contributed by atoms with van der Waals surface area (Å²) < 4.78 is 18.8. The average molecular weight is 308 g/mol. The van der Waals surface area contributed by atoms with E-state index in [1.54, 1.807) is 19.1 Å². The summed E-state index contributed by atoms with van der Waals surface area (Å²) in [4.78, 5) is 12.2. The molecule has 2 aromatic rings. The lowest BCUT2D eigenvalue weighted by Crippen LogP contribution is -2.15. The fourth-order valence-corrected chi connectivity index (χ4v) is 2.14. The zero-order valence-corrected chi connectivity index (χ0v) is 12.4. The zero-order valence-electron chi connectivity index (χ0n) is 11.7. The van der Waals surface area contributed by atoms with Gasteiger partial charge in [0.15, 0.2) is 0 Å². The number of anilines is 1. The van der Waals surface area contributed by atoms with Crippen LogP contribution in [0.1, 0.15) is 28.2 Å². The molecule has 110 valence electrons. The molecule has 0 spiro atoms. The fourth-order valence-electron chi connectivity index (χ4n) is 1.95. The van der Waals surface area contributed by atoms with Crippen molar-refractivity contribution >= 4 is 23.2 Å². The van der Waals surface area contributed by atoms with Crippen LogP contribution in [0, 0.1) is 5.82 Å². The molecule has 21 heavy (non-hydrogen) atoms. The summed E-state index contributed by atoms with van der Waals surface area (Å²) >= 11 is 6.07. The standard InChI is InChI=1S/C16H15ClFNO2/c1-10(17)12-5-3-4-6-15(12)19-16(20)13-8-7-11(21-2)9-14(13)18/h3-10H,1-2H3,(H,19,20). The maximum Gasteiger partial charge on any atom is 0.258 e. The molecule has 1 atom stereocenters. The van der Waals surface area contributed by atoms with Gasteiger partial charge in [-0.2, -0.15) is 0 Å². The molecule has 0 radical (unpaired) electrons. The largest absolute Gasteiger partial charge is 0.497 e. The maximum absolute atomic E-state index is 13.9. The second-order valence-corrected chi connectivity index (χ2v) is 5.16. The molecule has 2 aromatic carbocycles. The highest BCUT2D eigenvalue weighted by atomic mass is 35.5. The molecule has 2 rings (SSSR count). The van der Waals surface area contributed by atoms with Crippen LogP contribution < -0.4 is 10.1 Å². The molecule has 0 aromatic heterocycles. The molecule has 0 aliphatic carbocycles. The van der Waals surface area contributed by atoms with Crippen LogP contribution in [0.15, 0.2) is 42.5 Å². The first-order valence-corrected chi connectivity index (χ1v) is 6.84. The zero-order chi connectivity index (χ0) is 15.4. The summed E-state index contributed by atoms with van der Waals surface area (Å²) in [5.41, 5.74) is 1.30. The maximum atomic E-state index is 13.9. The number of hydrogen-bond acceptors (Lipinski definition) is 2. The number of benzene rings is 2. The predicted octanol–water partition coefficient (Wildman–Crippen LogP) is 4.39. The first-order chi connectivity index (χ1) is 10.0. The Kier molecular flexibility index (Phi) is 4.81. The Morgan fingerprint density at radius 1 is 1.29 bits per heavy atom. The third-order valence-corrected chi connectivity index (χ3v) is 3.29. The molecule has 0 bridgehead atoms. The highest BCUT2D eigenvalue weighted by Gasteiger charge is 2.15. The van der Waals surface area contributed by atoms with Crippen LogP contribution >= 0.6 is 11.6 Å². The van der Waals surface area contributed by atoms with Crippen LogP contribution in [0.5, 0.6) is 5.75 Å². The number of halogens is 2. The summed E-state index contributed by atoms with van der Waals surface area (Å²) in [7, 11) is 1.44. The van der Waals surface area contributed by atoms with E-state index in [1.807, 2.05) is 12.1 Å². The van der Waals surface area contributed by atoms with Gasteiger partial charge in [-0.1, -0.05) is 18.2 Å². The van der Waals surface area contributed by atoms with E-state index in [0.717, 1.165) is 5.56 Å². The minimum atomic E-state index is -0.636. The number of hydrogen-bond donors (Lipinski definition) is 1. The van der Waals surface area contributed by atoms with E-state index in [-0.39, 0.29) is 10.9 Å². The number of rotatable bonds is 4. The van der Waals surface area contributed by atoms with Crippen molar-refractivity contribution in [1.82, 2.24) is 0 Å². The van der Waals surface area contributed by atoms with Crippen molar-refractivity contribution in [2.45, 2.75) is 12.3 Å². The number of carbonyl (C=O) groups excluding carboxylic acids is 1. The van der Waals surface area contributed by atoms with Gasteiger partial charge in [0.05, 0.1) is 18.1 Å². The third kappa shape index (κ3) is 3.52. The molecular formula is C16H15ClFNO2. The first kappa shape index (κ1) is 15.3. The van der Waals surface area contributed by atoms with Crippen LogP contribution in [-0.4, -0.2) is 13.0 Å². The van der Waals surface area contributed by atoms with Gasteiger partial charge in [-0.15, -0.1) is 11.6 Å². The Balaban J connectivity index is 2.26. The molecule has 1 amide bonds. The van der Waals surface area contributed by atoms with Crippen LogP contribution in [0.3, 0.4) is 0 Å². The lowest BCUT2D eigenvalue weighted by Gasteiger charge is -2.13. The number of ether oxygens (including phenoxy) is 1. The molecule has 1 N–H and O–H groups in total. The smallest absolute Gasteiger partial charge is 0.258 e. The molecule has 0 fully saturated rings. The van der Waals surface area contributed by atoms with Crippen LogP contribution in [-0.2, 0) is 0 Å². The average Bonchev–Trinajstić information content (AvgIpc) is 2.47. The van der Waals surface area contributed by atoms with Gasteiger partial charge in [0, 0.05) is 11.8 Å². The number of para-hydroxylation sites is 1. The van der Waals surface area contributed by atoms with E-state index in [9.17, 15) is 9.18 Å². The second kappa shape index (κ2) is 6.59. The topological polar surface area (TPSA) is 38.3 Å². The highest BCUT2D eigenvalue weighted by Crippen LogP contribution is 2.27. The molecule has 0 aliphatic rings. The van der Waals surface area contributed by atoms with E-state index in [2.05, 4.69) is 5.32 Å². The van der Waals surface area contributed by atoms with Crippen molar-refractivity contribution in [3.05, 3.63) is 59.4 Å². The predicted molar refractivity (Wildman–Crippen MR) is 81.6 cm³/mol. The normalized spacial score (nSPS) is 11.8. The molecule has 0 saturated carbocycles. The molecule has 0 aliphatic heterocycles.